The van der Waals surface area contributed by atoms with Gasteiger partial charge in [0.1, 0.15) is 5.57 Å². The third-order valence-electron chi connectivity index (χ3n) is 4.09. The molecule has 2 rings (SSSR count). The van der Waals surface area contributed by atoms with Gasteiger partial charge in [0.15, 0.2) is 5.88 Å². The third-order valence-corrected chi connectivity index (χ3v) is 5.70. The molecule has 0 unspecified atom stereocenters. The molecule has 0 atom stereocenters. The van der Waals surface area contributed by atoms with Crippen molar-refractivity contribution in [2.45, 2.75) is 24.7 Å². The van der Waals surface area contributed by atoms with Gasteiger partial charge in [-0.2, -0.15) is 0 Å². The molecule has 0 saturated heterocycles. The van der Waals surface area contributed by atoms with Gasteiger partial charge < -0.3 is 20.6 Å². The summed E-state index contributed by atoms with van der Waals surface area (Å²) < 4.78 is 5.06. The number of ether oxygens (including phenoxy) is 1. The molecule has 0 radical (unpaired) electrons. The second kappa shape index (κ2) is 8.74. The Morgan fingerprint density at radius 2 is 2.16 bits per heavy atom. The van der Waals surface area contributed by atoms with Crippen LogP contribution in [-0.2, 0) is 4.74 Å². The molecule has 1 aromatic rings. The van der Waals surface area contributed by atoms with Crippen LogP contribution in [0.15, 0.2) is 28.5 Å². The lowest BCUT2D eigenvalue weighted by Crippen LogP contribution is -2.22. The molecule has 0 aromatic heterocycles. The molecule has 25 heavy (non-hydrogen) atoms. The maximum atomic E-state index is 13.1. The minimum atomic E-state index is -0.355. The molecule has 7 heteroatoms. The predicted octanol–water partition coefficient (Wildman–Crippen LogP) is 3.99. The summed E-state index contributed by atoms with van der Waals surface area (Å²) in [6.45, 7) is 2.42. The second-order valence-electron chi connectivity index (χ2n) is 5.88. The summed E-state index contributed by atoms with van der Waals surface area (Å²) in [4.78, 5) is 13.9. The number of ketones is 1. The number of hydrogen-bond acceptors (Lipinski definition) is 6. The Bertz CT molecular complexity index is 715. The van der Waals surface area contributed by atoms with Crippen LogP contribution in [0.1, 0.15) is 28.8 Å². The summed E-state index contributed by atoms with van der Waals surface area (Å²) in [6, 6.07) is 3.34. The molecule has 1 saturated carbocycles. The molecular formula is C18H23ClN2O3S. The number of aliphatic hydroxyl groups excluding tert-OH is 1. The first kappa shape index (κ1) is 19.8. The smallest absolute Gasteiger partial charge is 0.200 e. The van der Waals surface area contributed by atoms with E-state index in [-0.39, 0.29) is 28.9 Å². The summed E-state index contributed by atoms with van der Waals surface area (Å²) >= 11 is 7.81. The second-order valence-corrected chi connectivity index (χ2v) is 7.39. The van der Waals surface area contributed by atoms with Crippen molar-refractivity contribution in [3.05, 3.63) is 39.7 Å². The van der Waals surface area contributed by atoms with E-state index >= 15 is 0 Å². The van der Waals surface area contributed by atoms with E-state index in [1.54, 1.807) is 19.2 Å². The van der Waals surface area contributed by atoms with Gasteiger partial charge in [0.25, 0.3) is 0 Å². The Labute approximate surface area is 157 Å². The highest BCUT2D eigenvalue weighted by Crippen LogP contribution is 2.36. The average Bonchev–Trinajstić information content (AvgIpc) is 3.42. The number of benzene rings is 1. The van der Waals surface area contributed by atoms with E-state index in [0.717, 1.165) is 29.1 Å². The number of carbonyl (C=O) groups is 1. The van der Waals surface area contributed by atoms with Gasteiger partial charge in [0, 0.05) is 36.3 Å². The van der Waals surface area contributed by atoms with Crippen molar-refractivity contribution >= 4 is 34.9 Å². The Kier molecular flexibility index (Phi) is 6.93. The lowest BCUT2D eigenvalue weighted by Gasteiger charge is -2.15. The lowest BCUT2D eigenvalue weighted by molar-refractivity contribution is 0.103. The van der Waals surface area contributed by atoms with Crippen molar-refractivity contribution in [1.82, 2.24) is 5.32 Å². The highest BCUT2D eigenvalue weighted by Gasteiger charge is 2.34. The monoisotopic (exact) mass is 382 g/mol. The van der Waals surface area contributed by atoms with Gasteiger partial charge in [-0.15, -0.1) is 11.8 Å². The molecule has 0 amide bonds. The molecule has 1 aliphatic carbocycles. The van der Waals surface area contributed by atoms with Crippen molar-refractivity contribution in [2.24, 2.45) is 5.92 Å². The molecule has 5 nitrogen and oxygen atoms in total. The zero-order valence-corrected chi connectivity index (χ0v) is 16.2. The molecule has 0 heterocycles. The SMILES string of the molecule is CN/C(O)=C(\C(=N)C1CC1)C(=O)c1ccc(Cl)c(SCCOC)c1C. The van der Waals surface area contributed by atoms with E-state index in [4.69, 9.17) is 21.7 Å². The van der Waals surface area contributed by atoms with Gasteiger partial charge in [-0.05, 0) is 37.5 Å². The quantitative estimate of drug-likeness (QED) is 0.150. The molecule has 1 fully saturated rings. The van der Waals surface area contributed by atoms with Gasteiger partial charge in [-0.1, -0.05) is 11.6 Å². The van der Waals surface area contributed by atoms with Crippen LogP contribution in [0.25, 0.3) is 0 Å². The molecule has 0 spiro atoms. The van der Waals surface area contributed by atoms with Crippen LogP contribution in [0.4, 0.5) is 0 Å². The normalized spacial score (nSPS) is 14.9. The van der Waals surface area contributed by atoms with Crippen molar-refractivity contribution < 1.29 is 14.6 Å². The van der Waals surface area contributed by atoms with Crippen LogP contribution >= 0.6 is 23.4 Å². The van der Waals surface area contributed by atoms with Crippen LogP contribution in [0.5, 0.6) is 0 Å². The Balaban J connectivity index is 2.40. The molecule has 1 aliphatic rings. The number of methoxy groups -OCH3 is 1. The molecule has 136 valence electrons. The first-order valence-electron chi connectivity index (χ1n) is 8.07. The number of hydrogen-bond donors (Lipinski definition) is 3. The minimum absolute atomic E-state index is 0.0447. The number of thioether (sulfide) groups is 1. The highest BCUT2D eigenvalue weighted by atomic mass is 35.5. The minimum Gasteiger partial charge on any atom is -0.494 e. The summed E-state index contributed by atoms with van der Waals surface area (Å²) in [5.41, 5.74) is 1.44. The Morgan fingerprint density at radius 3 is 2.72 bits per heavy atom. The van der Waals surface area contributed by atoms with Crippen molar-refractivity contribution in [3.8, 4) is 0 Å². The van der Waals surface area contributed by atoms with E-state index in [0.29, 0.717) is 17.2 Å². The largest absolute Gasteiger partial charge is 0.494 e. The molecule has 1 aromatic carbocycles. The van der Waals surface area contributed by atoms with E-state index in [1.165, 1.54) is 18.8 Å². The maximum absolute atomic E-state index is 13.1. The number of allylic oxidation sites excluding steroid dienone is 1. The fraction of sp³-hybridized carbons (Fsp3) is 0.444. The van der Waals surface area contributed by atoms with E-state index < -0.39 is 0 Å². The van der Waals surface area contributed by atoms with Crippen LogP contribution in [0, 0.1) is 18.3 Å². The zero-order valence-electron chi connectivity index (χ0n) is 14.6. The Hall–Kier alpha value is -1.50. The third kappa shape index (κ3) is 4.57. The summed E-state index contributed by atoms with van der Waals surface area (Å²) in [6.07, 6.45) is 1.76. The molecule has 3 N–H and O–H groups in total. The van der Waals surface area contributed by atoms with Crippen LogP contribution < -0.4 is 5.32 Å². The van der Waals surface area contributed by atoms with Gasteiger partial charge in [-0.25, -0.2) is 0 Å². The number of Topliss-reactive ketones (excluding diaryl/α,β-unsaturated/α-hetero) is 1. The number of halogens is 1. The number of nitrogens with one attached hydrogen (secondary N) is 2. The summed E-state index contributed by atoms with van der Waals surface area (Å²) in [5.74, 6) is 0.158. The van der Waals surface area contributed by atoms with Gasteiger partial charge in [0.05, 0.1) is 17.3 Å². The summed E-state index contributed by atoms with van der Waals surface area (Å²) in [7, 11) is 3.17. The van der Waals surface area contributed by atoms with E-state index in [9.17, 15) is 9.90 Å². The molecule has 0 bridgehead atoms. The first-order valence-corrected chi connectivity index (χ1v) is 9.44. The van der Waals surface area contributed by atoms with Crippen LogP contribution in [0.3, 0.4) is 0 Å². The van der Waals surface area contributed by atoms with E-state index in [1.807, 2.05) is 6.92 Å². The summed E-state index contributed by atoms with van der Waals surface area (Å²) in [5, 5.41) is 21.6. The van der Waals surface area contributed by atoms with Crippen LogP contribution in [-0.4, -0.2) is 43.1 Å². The van der Waals surface area contributed by atoms with E-state index in [2.05, 4.69) is 5.32 Å². The van der Waals surface area contributed by atoms with Crippen molar-refractivity contribution in [2.75, 3.05) is 26.5 Å². The average molecular weight is 383 g/mol. The van der Waals surface area contributed by atoms with Gasteiger partial charge >= 0.3 is 0 Å². The number of carbonyl (C=O) groups excluding carboxylic acids is 1. The fourth-order valence-corrected chi connectivity index (χ4v) is 3.86. The van der Waals surface area contributed by atoms with Gasteiger partial charge in [0.2, 0.25) is 5.78 Å². The highest BCUT2D eigenvalue weighted by molar-refractivity contribution is 7.99. The van der Waals surface area contributed by atoms with Crippen molar-refractivity contribution in [1.29, 1.82) is 5.41 Å². The van der Waals surface area contributed by atoms with Crippen LogP contribution in [0.2, 0.25) is 5.02 Å². The molecule has 0 aliphatic heterocycles. The standard InChI is InChI=1S/C18H23ClN2O3S/c1-10-12(6-7-13(19)17(10)25-9-8-24-3)16(22)14(18(23)21-2)15(20)11-4-5-11/h6-7,11,20-21,23H,4-5,8-9H2,1-3H3/b18-14-,20-15?. The topological polar surface area (TPSA) is 82.4 Å². The van der Waals surface area contributed by atoms with Gasteiger partial charge in [-0.3, -0.25) is 4.79 Å². The Morgan fingerprint density at radius 1 is 1.48 bits per heavy atom. The molecular weight excluding hydrogens is 360 g/mol. The predicted molar refractivity (Wildman–Crippen MR) is 102 cm³/mol. The number of rotatable bonds is 9. The number of aliphatic hydroxyl groups is 1. The zero-order chi connectivity index (χ0) is 18.6. The maximum Gasteiger partial charge on any atom is 0.200 e. The fourth-order valence-electron chi connectivity index (χ4n) is 2.50. The lowest BCUT2D eigenvalue weighted by atomic mass is 9.94. The van der Waals surface area contributed by atoms with Crippen molar-refractivity contribution in [3.63, 3.8) is 0 Å². The first-order chi connectivity index (χ1) is 11.9.